The smallest absolute Gasteiger partial charge is 0.282 e. The second kappa shape index (κ2) is 9.87. The van der Waals surface area contributed by atoms with Gasteiger partial charge in [-0.3, -0.25) is 4.79 Å². The summed E-state index contributed by atoms with van der Waals surface area (Å²) in [5.74, 6) is 1.37. The minimum atomic E-state index is -0.298. The van der Waals surface area contributed by atoms with Gasteiger partial charge in [0.15, 0.2) is 5.76 Å². The van der Waals surface area contributed by atoms with E-state index in [-0.39, 0.29) is 5.56 Å². The van der Waals surface area contributed by atoms with Gasteiger partial charge in [0.1, 0.15) is 11.3 Å². The maximum Gasteiger partial charge on any atom is 0.282 e. The van der Waals surface area contributed by atoms with Gasteiger partial charge in [0, 0.05) is 27.1 Å². The van der Waals surface area contributed by atoms with Crippen molar-refractivity contribution in [2.75, 3.05) is 7.11 Å². The molecule has 0 saturated carbocycles. The molecule has 3 heterocycles. The predicted molar refractivity (Wildman–Crippen MR) is 159 cm³/mol. The van der Waals surface area contributed by atoms with Gasteiger partial charge in [-0.05, 0) is 84.4 Å². The van der Waals surface area contributed by atoms with Gasteiger partial charge in [-0.2, -0.15) is 9.78 Å². The van der Waals surface area contributed by atoms with Gasteiger partial charge >= 0.3 is 0 Å². The van der Waals surface area contributed by atoms with E-state index in [1.807, 2.05) is 74.5 Å². The van der Waals surface area contributed by atoms with E-state index in [9.17, 15) is 4.79 Å². The molecular formula is C30H22BrClN4O3. The van der Waals surface area contributed by atoms with E-state index >= 15 is 0 Å². The van der Waals surface area contributed by atoms with Gasteiger partial charge in [0.25, 0.3) is 5.56 Å². The number of furan rings is 1. The summed E-state index contributed by atoms with van der Waals surface area (Å²) in [6.07, 6.45) is 1.67. The number of aromatic nitrogens is 3. The van der Waals surface area contributed by atoms with Crippen LogP contribution in [0.4, 0.5) is 0 Å². The first-order valence-corrected chi connectivity index (χ1v) is 13.3. The fourth-order valence-electron chi connectivity index (χ4n) is 4.77. The zero-order chi connectivity index (χ0) is 27.3. The molecule has 0 radical (unpaired) electrons. The number of halogens is 2. The van der Waals surface area contributed by atoms with Gasteiger partial charge in [0.2, 0.25) is 5.82 Å². The third kappa shape index (κ3) is 4.35. The molecule has 0 bridgehead atoms. The summed E-state index contributed by atoms with van der Waals surface area (Å²) < 4.78 is 15.8. The first-order chi connectivity index (χ1) is 18.9. The van der Waals surface area contributed by atoms with Crippen LogP contribution in [-0.2, 0) is 0 Å². The van der Waals surface area contributed by atoms with E-state index in [4.69, 9.17) is 25.7 Å². The quantitative estimate of drug-likeness (QED) is 0.192. The molecule has 0 aliphatic carbocycles. The Balaban J connectivity index is 1.51. The lowest BCUT2D eigenvalue weighted by atomic mass is 10.2. The number of para-hydroxylation sites is 1. The average Bonchev–Trinajstić information content (AvgIpc) is 3.49. The molecule has 0 fully saturated rings. The SMILES string of the molecule is COc1cccc2oc(-c3nc4ccccc4c(=O)n3N=Cc3cc(C)n(-c4ccc(Br)c(Cl)c4)c3C)cc12. The van der Waals surface area contributed by atoms with Crippen LogP contribution in [0.15, 0.2) is 91.6 Å². The fourth-order valence-corrected chi connectivity index (χ4v) is 5.19. The standard InChI is InChI=1S/C30H22BrClN4O3/c1-17-13-19(18(2)35(17)20-11-12-23(31)24(32)14-20)16-33-36-29(34-25-8-5-4-7-21(25)30(36)37)28-15-22-26(38-3)9-6-10-27(22)39-28/h4-16H,1-3H3. The predicted octanol–water partition coefficient (Wildman–Crippen LogP) is 7.52. The largest absolute Gasteiger partial charge is 0.496 e. The molecule has 3 aromatic carbocycles. The zero-order valence-corrected chi connectivity index (χ0v) is 23.6. The van der Waals surface area contributed by atoms with Crippen molar-refractivity contribution in [1.29, 1.82) is 0 Å². The van der Waals surface area contributed by atoms with Crippen LogP contribution < -0.4 is 10.3 Å². The summed E-state index contributed by atoms with van der Waals surface area (Å²) >= 11 is 9.81. The minimum Gasteiger partial charge on any atom is -0.496 e. The maximum absolute atomic E-state index is 13.6. The number of aryl methyl sites for hydroxylation is 1. The Kier molecular flexibility index (Phi) is 6.37. The molecule has 39 heavy (non-hydrogen) atoms. The highest BCUT2D eigenvalue weighted by Crippen LogP contribution is 2.33. The summed E-state index contributed by atoms with van der Waals surface area (Å²) in [6.45, 7) is 4.01. The van der Waals surface area contributed by atoms with Crippen molar-refractivity contribution >= 4 is 55.6 Å². The summed E-state index contributed by atoms with van der Waals surface area (Å²) in [6, 6.07) is 22.4. The second-order valence-electron chi connectivity index (χ2n) is 9.06. The summed E-state index contributed by atoms with van der Waals surface area (Å²) in [7, 11) is 1.61. The number of hydrogen-bond donors (Lipinski definition) is 0. The topological polar surface area (TPSA) is 74.6 Å². The molecule has 6 rings (SSSR count). The first-order valence-electron chi connectivity index (χ1n) is 12.1. The number of fused-ring (bicyclic) bond motifs is 2. The average molecular weight is 602 g/mol. The minimum absolute atomic E-state index is 0.293. The van der Waals surface area contributed by atoms with Crippen LogP contribution in [0.25, 0.3) is 39.1 Å². The highest BCUT2D eigenvalue weighted by atomic mass is 79.9. The summed E-state index contributed by atoms with van der Waals surface area (Å²) in [5, 5.41) is 6.50. The lowest BCUT2D eigenvalue weighted by Crippen LogP contribution is -2.20. The van der Waals surface area contributed by atoms with Gasteiger partial charge < -0.3 is 13.7 Å². The molecule has 7 nitrogen and oxygen atoms in total. The number of hydrogen-bond acceptors (Lipinski definition) is 5. The second-order valence-corrected chi connectivity index (χ2v) is 10.3. The van der Waals surface area contributed by atoms with Crippen LogP contribution in [0.5, 0.6) is 5.75 Å². The Labute approximate surface area is 237 Å². The van der Waals surface area contributed by atoms with Crippen molar-refractivity contribution in [3.05, 3.63) is 110 Å². The normalized spacial score (nSPS) is 11.7. The van der Waals surface area contributed by atoms with Crippen LogP contribution in [0.2, 0.25) is 5.02 Å². The van der Waals surface area contributed by atoms with Gasteiger partial charge in [-0.25, -0.2) is 4.98 Å². The van der Waals surface area contributed by atoms with Crippen molar-refractivity contribution in [1.82, 2.24) is 14.2 Å². The van der Waals surface area contributed by atoms with E-state index < -0.39 is 0 Å². The molecule has 3 aromatic heterocycles. The Hall–Kier alpha value is -4.14. The van der Waals surface area contributed by atoms with Gasteiger partial charge in [-0.1, -0.05) is 29.8 Å². The molecule has 0 aliphatic rings. The monoisotopic (exact) mass is 600 g/mol. The molecule has 0 aliphatic heterocycles. The van der Waals surface area contributed by atoms with Crippen molar-refractivity contribution < 1.29 is 9.15 Å². The van der Waals surface area contributed by atoms with Gasteiger partial charge in [0.05, 0.1) is 34.6 Å². The van der Waals surface area contributed by atoms with E-state index in [1.165, 1.54) is 4.68 Å². The molecule has 0 spiro atoms. The molecule has 194 valence electrons. The first kappa shape index (κ1) is 25.2. The van der Waals surface area contributed by atoms with Crippen molar-refractivity contribution in [2.24, 2.45) is 5.10 Å². The van der Waals surface area contributed by atoms with Crippen LogP contribution in [0.1, 0.15) is 17.0 Å². The number of benzene rings is 3. The zero-order valence-electron chi connectivity index (χ0n) is 21.3. The third-order valence-electron chi connectivity index (χ3n) is 6.66. The van der Waals surface area contributed by atoms with Crippen LogP contribution in [0, 0.1) is 13.8 Å². The molecule has 0 unspecified atom stereocenters. The molecule has 0 saturated heterocycles. The van der Waals surface area contributed by atoms with Crippen molar-refractivity contribution in [3.63, 3.8) is 0 Å². The van der Waals surface area contributed by atoms with E-state index in [1.54, 1.807) is 25.5 Å². The van der Waals surface area contributed by atoms with Crippen LogP contribution in [0.3, 0.4) is 0 Å². The lowest BCUT2D eigenvalue weighted by Gasteiger charge is -2.11. The van der Waals surface area contributed by atoms with E-state index in [0.717, 1.165) is 32.5 Å². The number of nitrogens with zero attached hydrogens (tertiary/aromatic N) is 4. The lowest BCUT2D eigenvalue weighted by molar-refractivity contribution is 0.419. The summed E-state index contributed by atoms with van der Waals surface area (Å²) in [5.41, 5.74) is 4.61. The molecular weight excluding hydrogens is 580 g/mol. The van der Waals surface area contributed by atoms with Crippen LogP contribution >= 0.6 is 27.5 Å². The Morgan fingerprint density at radius 2 is 1.85 bits per heavy atom. The highest BCUT2D eigenvalue weighted by molar-refractivity contribution is 9.10. The molecule has 0 amide bonds. The molecule has 9 heteroatoms. The molecule has 0 N–H and O–H groups in total. The Morgan fingerprint density at radius 3 is 2.64 bits per heavy atom. The molecule has 0 atom stereocenters. The number of ether oxygens (including phenoxy) is 1. The maximum atomic E-state index is 13.6. The van der Waals surface area contributed by atoms with Crippen molar-refractivity contribution in [3.8, 4) is 23.0 Å². The molecule has 6 aromatic rings. The van der Waals surface area contributed by atoms with Gasteiger partial charge in [-0.15, -0.1) is 0 Å². The van der Waals surface area contributed by atoms with E-state index in [0.29, 0.717) is 38.8 Å². The highest BCUT2D eigenvalue weighted by Gasteiger charge is 2.18. The van der Waals surface area contributed by atoms with Crippen LogP contribution in [-0.4, -0.2) is 27.6 Å². The van der Waals surface area contributed by atoms with E-state index in [2.05, 4.69) is 25.6 Å². The third-order valence-corrected chi connectivity index (χ3v) is 7.89. The van der Waals surface area contributed by atoms with Crippen molar-refractivity contribution in [2.45, 2.75) is 13.8 Å². The summed E-state index contributed by atoms with van der Waals surface area (Å²) in [4.78, 5) is 18.4. The number of rotatable bonds is 5. The Bertz CT molecular complexity index is 1990. The number of methoxy groups -OCH3 is 1. The Morgan fingerprint density at radius 1 is 1.03 bits per heavy atom. The fraction of sp³-hybridized carbons (Fsp3) is 0.100.